The van der Waals surface area contributed by atoms with E-state index in [0.717, 1.165) is 17.7 Å². The van der Waals surface area contributed by atoms with Gasteiger partial charge in [0, 0.05) is 18.0 Å². The maximum absolute atomic E-state index is 13.4. The third kappa shape index (κ3) is 3.52. The van der Waals surface area contributed by atoms with E-state index in [0.29, 0.717) is 16.7 Å². The number of halogens is 2. The number of amides is 1. The molecule has 0 atom stereocenters. The molecule has 0 saturated carbocycles. The van der Waals surface area contributed by atoms with Crippen molar-refractivity contribution in [2.24, 2.45) is 0 Å². The standard InChI is InChI=1S/C21H16F2N4O2/c1-13-4-7-15(8-5-13)27-21(29)16-3-2-10-24-20(16)26(27)12-19(28)25-14-6-9-17(22)18(23)11-14/h2-11H,12H2,1H3,(H,25,28). The van der Waals surface area contributed by atoms with Crippen LogP contribution < -0.4 is 10.9 Å². The average molecular weight is 394 g/mol. The van der Waals surface area contributed by atoms with Gasteiger partial charge in [0.2, 0.25) is 5.91 Å². The van der Waals surface area contributed by atoms with Crippen LogP contribution in [0, 0.1) is 18.6 Å². The largest absolute Gasteiger partial charge is 0.324 e. The Labute approximate surface area is 164 Å². The minimum absolute atomic E-state index is 0.113. The van der Waals surface area contributed by atoms with E-state index in [4.69, 9.17) is 0 Å². The number of carbonyl (C=O) groups excluding carboxylic acids is 1. The zero-order valence-corrected chi connectivity index (χ0v) is 15.4. The lowest BCUT2D eigenvalue weighted by Crippen LogP contribution is -2.27. The van der Waals surface area contributed by atoms with Gasteiger partial charge in [0.1, 0.15) is 6.54 Å². The number of aryl methyl sites for hydroxylation is 1. The lowest BCUT2D eigenvalue weighted by molar-refractivity contribution is -0.116. The monoisotopic (exact) mass is 394 g/mol. The third-order valence-electron chi connectivity index (χ3n) is 4.47. The van der Waals surface area contributed by atoms with Crippen LogP contribution in [0.1, 0.15) is 5.56 Å². The molecule has 2 aromatic heterocycles. The van der Waals surface area contributed by atoms with E-state index in [2.05, 4.69) is 10.3 Å². The van der Waals surface area contributed by atoms with Crippen LogP contribution in [0.3, 0.4) is 0 Å². The molecule has 29 heavy (non-hydrogen) atoms. The summed E-state index contributed by atoms with van der Waals surface area (Å²) in [4.78, 5) is 29.8. The van der Waals surface area contributed by atoms with Crippen LogP contribution in [-0.4, -0.2) is 20.3 Å². The highest BCUT2D eigenvalue weighted by atomic mass is 19.2. The summed E-state index contributed by atoms with van der Waals surface area (Å²) in [5.74, 6) is -2.58. The van der Waals surface area contributed by atoms with Crippen LogP contribution in [0.2, 0.25) is 0 Å². The Morgan fingerprint density at radius 1 is 1.07 bits per heavy atom. The Balaban J connectivity index is 1.75. The lowest BCUT2D eigenvalue weighted by atomic mass is 10.2. The summed E-state index contributed by atoms with van der Waals surface area (Å²) in [5, 5.41) is 2.88. The van der Waals surface area contributed by atoms with Crippen LogP contribution in [0.15, 0.2) is 65.6 Å². The molecule has 4 aromatic rings. The maximum Gasteiger partial charge on any atom is 0.280 e. The molecule has 6 nitrogen and oxygen atoms in total. The first-order chi connectivity index (χ1) is 13.9. The highest BCUT2D eigenvalue weighted by Gasteiger charge is 2.18. The van der Waals surface area contributed by atoms with Crippen molar-refractivity contribution >= 4 is 22.6 Å². The van der Waals surface area contributed by atoms with Crippen molar-refractivity contribution in [2.75, 3.05) is 5.32 Å². The summed E-state index contributed by atoms with van der Waals surface area (Å²) >= 11 is 0. The molecule has 0 fully saturated rings. The number of carbonyl (C=O) groups is 1. The maximum atomic E-state index is 13.4. The van der Waals surface area contributed by atoms with Crippen LogP contribution in [0.25, 0.3) is 16.7 Å². The Morgan fingerprint density at radius 3 is 2.55 bits per heavy atom. The second-order valence-corrected chi connectivity index (χ2v) is 6.56. The summed E-state index contributed by atoms with van der Waals surface area (Å²) in [6, 6.07) is 13.6. The Bertz CT molecular complexity index is 1280. The van der Waals surface area contributed by atoms with E-state index in [1.807, 2.05) is 19.1 Å². The predicted octanol–water partition coefficient (Wildman–Crippen LogP) is 3.41. The SMILES string of the molecule is Cc1ccc(-n2c(=O)c3cccnc3n2CC(=O)Nc2ccc(F)c(F)c2)cc1. The van der Waals surface area contributed by atoms with Gasteiger partial charge in [-0.3, -0.25) is 14.3 Å². The van der Waals surface area contributed by atoms with Gasteiger partial charge in [0.15, 0.2) is 17.3 Å². The summed E-state index contributed by atoms with van der Waals surface area (Å²) in [6.07, 6.45) is 1.53. The molecular formula is C21H16F2N4O2. The minimum Gasteiger partial charge on any atom is -0.324 e. The summed E-state index contributed by atoms with van der Waals surface area (Å²) in [5.41, 5.74) is 1.76. The fourth-order valence-electron chi connectivity index (χ4n) is 3.09. The normalized spacial score (nSPS) is 11.0. The number of pyridine rings is 1. The van der Waals surface area contributed by atoms with Gasteiger partial charge in [-0.1, -0.05) is 17.7 Å². The van der Waals surface area contributed by atoms with Gasteiger partial charge < -0.3 is 5.32 Å². The lowest BCUT2D eigenvalue weighted by Gasteiger charge is -2.13. The van der Waals surface area contributed by atoms with Gasteiger partial charge in [0.05, 0.1) is 11.1 Å². The smallest absolute Gasteiger partial charge is 0.280 e. The van der Waals surface area contributed by atoms with E-state index < -0.39 is 17.5 Å². The van der Waals surface area contributed by atoms with Crippen LogP contribution in [-0.2, 0) is 11.3 Å². The van der Waals surface area contributed by atoms with Crippen molar-refractivity contribution in [1.82, 2.24) is 14.3 Å². The highest BCUT2D eigenvalue weighted by Crippen LogP contribution is 2.16. The highest BCUT2D eigenvalue weighted by molar-refractivity contribution is 5.91. The van der Waals surface area contributed by atoms with E-state index >= 15 is 0 Å². The molecule has 0 aliphatic rings. The predicted molar refractivity (Wildman–Crippen MR) is 105 cm³/mol. The molecule has 146 valence electrons. The number of nitrogens with zero attached hydrogens (tertiary/aromatic N) is 3. The third-order valence-corrected chi connectivity index (χ3v) is 4.47. The fraction of sp³-hybridized carbons (Fsp3) is 0.0952. The Morgan fingerprint density at radius 2 is 1.83 bits per heavy atom. The van der Waals surface area contributed by atoms with Crippen LogP contribution >= 0.6 is 0 Å². The molecule has 0 spiro atoms. The number of hydrogen-bond donors (Lipinski definition) is 1. The summed E-state index contributed by atoms with van der Waals surface area (Å²) < 4.78 is 29.3. The number of hydrogen-bond acceptors (Lipinski definition) is 3. The molecule has 0 bridgehead atoms. The zero-order valence-electron chi connectivity index (χ0n) is 15.4. The van der Waals surface area contributed by atoms with E-state index in [9.17, 15) is 18.4 Å². The molecule has 2 heterocycles. The topological polar surface area (TPSA) is 68.9 Å². The molecular weight excluding hydrogens is 378 g/mol. The first kappa shape index (κ1) is 18.5. The van der Waals surface area contributed by atoms with Gasteiger partial charge in [-0.2, -0.15) is 0 Å². The van der Waals surface area contributed by atoms with E-state index in [1.54, 1.807) is 24.3 Å². The Kier molecular flexibility index (Phi) is 4.67. The number of rotatable bonds is 4. The second kappa shape index (κ2) is 7.31. The molecule has 2 aromatic carbocycles. The average Bonchev–Trinajstić information content (AvgIpc) is 2.98. The molecule has 1 N–H and O–H groups in total. The number of anilines is 1. The summed E-state index contributed by atoms with van der Waals surface area (Å²) in [7, 11) is 0. The van der Waals surface area contributed by atoms with Gasteiger partial charge in [-0.25, -0.2) is 18.4 Å². The molecule has 0 saturated heterocycles. The number of fused-ring (bicyclic) bond motifs is 1. The minimum atomic E-state index is -1.06. The number of benzene rings is 2. The van der Waals surface area contributed by atoms with Gasteiger partial charge >= 0.3 is 0 Å². The second-order valence-electron chi connectivity index (χ2n) is 6.56. The van der Waals surface area contributed by atoms with Gasteiger partial charge in [-0.15, -0.1) is 0 Å². The van der Waals surface area contributed by atoms with Gasteiger partial charge in [-0.05, 0) is 43.3 Å². The zero-order chi connectivity index (χ0) is 20.5. The van der Waals surface area contributed by atoms with Crippen molar-refractivity contribution < 1.29 is 13.6 Å². The van der Waals surface area contributed by atoms with Crippen LogP contribution in [0.4, 0.5) is 14.5 Å². The van der Waals surface area contributed by atoms with E-state index in [1.165, 1.54) is 21.6 Å². The Hall–Kier alpha value is -3.81. The van der Waals surface area contributed by atoms with Crippen molar-refractivity contribution in [1.29, 1.82) is 0 Å². The molecule has 0 aliphatic heterocycles. The van der Waals surface area contributed by atoms with E-state index in [-0.39, 0.29) is 17.8 Å². The van der Waals surface area contributed by atoms with Crippen molar-refractivity contribution in [3.8, 4) is 5.69 Å². The quantitative estimate of drug-likeness (QED) is 0.577. The van der Waals surface area contributed by atoms with Crippen LogP contribution in [0.5, 0.6) is 0 Å². The molecule has 0 aliphatic carbocycles. The summed E-state index contributed by atoms with van der Waals surface area (Å²) in [6.45, 7) is 1.68. The molecule has 1 amide bonds. The van der Waals surface area contributed by atoms with Crippen molar-refractivity contribution in [3.63, 3.8) is 0 Å². The van der Waals surface area contributed by atoms with Gasteiger partial charge in [0.25, 0.3) is 5.56 Å². The first-order valence-electron chi connectivity index (χ1n) is 8.82. The molecule has 8 heteroatoms. The number of aromatic nitrogens is 3. The molecule has 0 radical (unpaired) electrons. The molecule has 0 unspecified atom stereocenters. The fourth-order valence-corrected chi connectivity index (χ4v) is 3.09. The molecule has 4 rings (SSSR count). The first-order valence-corrected chi connectivity index (χ1v) is 8.82. The van der Waals surface area contributed by atoms with Crippen molar-refractivity contribution in [3.05, 3.63) is 88.3 Å². The van der Waals surface area contributed by atoms with Crippen molar-refractivity contribution in [2.45, 2.75) is 13.5 Å². The number of nitrogens with one attached hydrogen (secondary N) is 1.